The van der Waals surface area contributed by atoms with Crippen LogP contribution in [0.3, 0.4) is 0 Å². The van der Waals surface area contributed by atoms with E-state index in [1.807, 2.05) is 55.7 Å². The highest BCUT2D eigenvalue weighted by atomic mass is 16.5. The largest absolute Gasteiger partial charge is 0.486 e. The van der Waals surface area contributed by atoms with E-state index in [2.05, 4.69) is 32.3 Å². The van der Waals surface area contributed by atoms with Crippen LogP contribution in [0.25, 0.3) is 32.9 Å². The Bertz CT molecular complexity index is 1320. The summed E-state index contributed by atoms with van der Waals surface area (Å²) in [6.07, 6.45) is 5.72. The van der Waals surface area contributed by atoms with Crippen LogP contribution in [0.1, 0.15) is 11.3 Å². The van der Waals surface area contributed by atoms with E-state index in [1.54, 1.807) is 6.20 Å². The van der Waals surface area contributed by atoms with Gasteiger partial charge in [-0.2, -0.15) is 5.10 Å². The fourth-order valence-electron chi connectivity index (χ4n) is 3.84. The number of pyridine rings is 1. The molecule has 6 heteroatoms. The fourth-order valence-corrected chi connectivity index (χ4v) is 3.84. The number of hydrogen-bond acceptors (Lipinski definition) is 4. The van der Waals surface area contributed by atoms with Crippen LogP contribution in [-0.4, -0.2) is 38.0 Å². The van der Waals surface area contributed by atoms with Gasteiger partial charge in [0, 0.05) is 46.4 Å². The van der Waals surface area contributed by atoms with Gasteiger partial charge < -0.3 is 14.8 Å². The number of H-pyrrole nitrogens is 2. The van der Waals surface area contributed by atoms with Gasteiger partial charge in [0.1, 0.15) is 11.9 Å². The summed E-state index contributed by atoms with van der Waals surface area (Å²) in [6.45, 7) is 1.93. The number of para-hydroxylation sites is 1. The molecule has 0 spiro atoms. The number of rotatable bonds is 6. The van der Waals surface area contributed by atoms with Crippen molar-refractivity contribution in [1.82, 2.24) is 20.2 Å². The van der Waals surface area contributed by atoms with Crippen molar-refractivity contribution in [3.8, 4) is 16.9 Å². The van der Waals surface area contributed by atoms with Gasteiger partial charge in [0.2, 0.25) is 0 Å². The van der Waals surface area contributed by atoms with Gasteiger partial charge in [-0.1, -0.05) is 24.3 Å². The molecule has 5 aromatic rings. The highest BCUT2D eigenvalue weighted by Gasteiger charge is 2.14. The van der Waals surface area contributed by atoms with Gasteiger partial charge in [-0.15, -0.1) is 0 Å². The minimum absolute atomic E-state index is 0.0795. The first-order valence-corrected chi connectivity index (χ1v) is 9.94. The van der Waals surface area contributed by atoms with E-state index in [4.69, 9.17) is 4.74 Å². The second-order valence-electron chi connectivity index (χ2n) is 7.48. The van der Waals surface area contributed by atoms with Crippen molar-refractivity contribution in [2.24, 2.45) is 0 Å². The summed E-state index contributed by atoms with van der Waals surface area (Å²) in [6, 6.07) is 16.2. The van der Waals surface area contributed by atoms with Crippen molar-refractivity contribution >= 4 is 21.8 Å². The molecule has 1 unspecified atom stereocenters. The number of aliphatic hydroxyl groups is 1. The molecule has 30 heavy (non-hydrogen) atoms. The third kappa shape index (κ3) is 3.42. The molecule has 3 heterocycles. The molecule has 0 fully saturated rings. The normalized spacial score (nSPS) is 12.5. The predicted octanol–water partition coefficient (Wildman–Crippen LogP) is 4.40. The molecule has 0 saturated carbocycles. The minimum Gasteiger partial charge on any atom is -0.486 e. The number of aromatic nitrogens is 4. The number of nitrogens with zero attached hydrogens (tertiary/aromatic N) is 2. The Morgan fingerprint density at radius 1 is 1.03 bits per heavy atom. The number of aryl methyl sites for hydroxylation is 1. The zero-order valence-electron chi connectivity index (χ0n) is 16.6. The van der Waals surface area contributed by atoms with Crippen molar-refractivity contribution in [2.45, 2.75) is 19.4 Å². The maximum Gasteiger partial charge on any atom is 0.138 e. The van der Waals surface area contributed by atoms with E-state index in [1.165, 1.54) is 0 Å². The minimum atomic E-state index is -0.361. The van der Waals surface area contributed by atoms with E-state index in [0.29, 0.717) is 12.2 Å². The average Bonchev–Trinajstić information content (AvgIpc) is 3.37. The predicted molar refractivity (Wildman–Crippen MR) is 118 cm³/mol. The fraction of sp³-hybridized carbons (Fsp3) is 0.167. The number of aromatic amines is 2. The van der Waals surface area contributed by atoms with E-state index in [9.17, 15) is 5.11 Å². The summed E-state index contributed by atoms with van der Waals surface area (Å²) in [5.74, 6) is 0.635. The van der Waals surface area contributed by atoms with E-state index in [0.717, 1.165) is 44.2 Å². The summed E-state index contributed by atoms with van der Waals surface area (Å²) in [5, 5.41) is 19.4. The molecule has 0 aliphatic rings. The van der Waals surface area contributed by atoms with E-state index < -0.39 is 0 Å². The van der Waals surface area contributed by atoms with Gasteiger partial charge in [-0.3, -0.25) is 10.1 Å². The molecule has 0 bridgehead atoms. The lowest BCUT2D eigenvalue weighted by Gasteiger charge is -2.17. The van der Waals surface area contributed by atoms with Gasteiger partial charge in [-0.05, 0) is 42.3 Å². The number of benzene rings is 2. The third-order valence-corrected chi connectivity index (χ3v) is 5.42. The number of fused-ring (bicyclic) bond motifs is 2. The Labute approximate surface area is 173 Å². The summed E-state index contributed by atoms with van der Waals surface area (Å²) < 4.78 is 6.10. The van der Waals surface area contributed by atoms with Crippen molar-refractivity contribution < 1.29 is 9.84 Å². The van der Waals surface area contributed by atoms with Crippen LogP contribution in [0, 0.1) is 6.92 Å². The number of nitrogens with one attached hydrogen (secondary N) is 2. The maximum atomic E-state index is 9.90. The molecule has 0 radical (unpaired) electrons. The van der Waals surface area contributed by atoms with Crippen LogP contribution >= 0.6 is 0 Å². The molecule has 6 nitrogen and oxygen atoms in total. The lowest BCUT2D eigenvalue weighted by Crippen LogP contribution is -2.23. The Morgan fingerprint density at radius 3 is 2.83 bits per heavy atom. The molecule has 3 aromatic heterocycles. The third-order valence-electron chi connectivity index (χ3n) is 5.42. The Balaban J connectivity index is 1.39. The van der Waals surface area contributed by atoms with Gasteiger partial charge in [-0.25, -0.2) is 0 Å². The number of hydrogen-bond donors (Lipinski definition) is 3. The quantitative estimate of drug-likeness (QED) is 0.396. The first-order chi connectivity index (χ1) is 14.7. The monoisotopic (exact) mass is 398 g/mol. The van der Waals surface area contributed by atoms with Gasteiger partial charge in [0.25, 0.3) is 0 Å². The van der Waals surface area contributed by atoms with Crippen molar-refractivity contribution in [1.29, 1.82) is 0 Å². The van der Waals surface area contributed by atoms with Crippen LogP contribution in [-0.2, 0) is 6.42 Å². The zero-order chi connectivity index (χ0) is 20.5. The lowest BCUT2D eigenvalue weighted by molar-refractivity contribution is 0.115. The smallest absolute Gasteiger partial charge is 0.138 e. The molecular weight excluding hydrogens is 376 g/mol. The Morgan fingerprint density at radius 2 is 1.93 bits per heavy atom. The van der Waals surface area contributed by atoms with Crippen LogP contribution < -0.4 is 4.74 Å². The SMILES string of the molecule is Cc1[nH]nc2ccc(-c3cncc(OC(CO)Cc4c[nH]c5ccccc45)c3)cc12. The highest BCUT2D eigenvalue weighted by molar-refractivity contribution is 5.86. The molecule has 1 atom stereocenters. The topological polar surface area (TPSA) is 86.8 Å². The Hall–Kier alpha value is -3.64. The van der Waals surface area contributed by atoms with Crippen LogP contribution in [0.5, 0.6) is 5.75 Å². The van der Waals surface area contributed by atoms with Crippen LogP contribution in [0.4, 0.5) is 0 Å². The lowest BCUT2D eigenvalue weighted by atomic mass is 10.0. The molecular formula is C24H22N4O2. The summed E-state index contributed by atoms with van der Waals surface area (Å²) in [5.41, 5.74) is 6.18. The van der Waals surface area contributed by atoms with Crippen LogP contribution in [0.15, 0.2) is 67.1 Å². The first kappa shape index (κ1) is 18.4. The molecule has 3 N–H and O–H groups in total. The molecule has 0 amide bonds. The molecule has 0 aliphatic carbocycles. The molecule has 2 aromatic carbocycles. The maximum absolute atomic E-state index is 9.90. The van der Waals surface area contributed by atoms with Gasteiger partial charge in [0.05, 0.1) is 18.3 Å². The van der Waals surface area contributed by atoms with Crippen molar-refractivity contribution in [3.05, 3.63) is 78.4 Å². The molecule has 0 aliphatic heterocycles. The summed E-state index contributed by atoms with van der Waals surface area (Å²) >= 11 is 0. The van der Waals surface area contributed by atoms with Gasteiger partial charge >= 0.3 is 0 Å². The standard InChI is InChI=1S/C24H22N4O2/c1-15-22-10-16(6-7-24(22)28-27-15)17-8-19(13-25-11-17)30-20(14-29)9-18-12-26-23-5-3-2-4-21(18)23/h2-8,10-13,20,26,29H,9,14H2,1H3,(H,27,28). The summed E-state index contributed by atoms with van der Waals surface area (Å²) in [7, 11) is 0. The number of ether oxygens (including phenoxy) is 1. The molecule has 150 valence electrons. The van der Waals surface area contributed by atoms with Crippen molar-refractivity contribution in [2.75, 3.05) is 6.61 Å². The summed E-state index contributed by atoms with van der Waals surface area (Å²) in [4.78, 5) is 7.62. The second kappa shape index (κ2) is 7.65. The zero-order valence-corrected chi connectivity index (χ0v) is 16.6. The van der Waals surface area contributed by atoms with E-state index >= 15 is 0 Å². The molecule has 5 rings (SSSR count). The molecule has 0 saturated heterocycles. The van der Waals surface area contributed by atoms with Crippen LogP contribution in [0.2, 0.25) is 0 Å². The average molecular weight is 398 g/mol. The van der Waals surface area contributed by atoms with Gasteiger partial charge in [0.15, 0.2) is 0 Å². The van der Waals surface area contributed by atoms with Crippen molar-refractivity contribution in [3.63, 3.8) is 0 Å². The second-order valence-corrected chi connectivity index (χ2v) is 7.48. The Kier molecular flexibility index (Phi) is 4.69. The van der Waals surface area contributed by atoms with E-state index in [-0.39, 0.29) is 12.7 Å². The highest BCUT2D eigenvalue weighted by Crippen LogP contribution is 2.28. The first-order valence-electron chi connectivity index (χ1n) is 9.94. The number of aliphatic hydroxyl groups excluding tert-OH is 1.